The van der Waals surface area contributed by atoms with Gasteiger partial charge >= 0.3 is 0 Å². The molecule has 0 spiro atoms. The first-order chi connectivity index (χ1) is 13.7. The Morgan fingerprint density at radius 2 is 1.82 bits per heavy atom. The van der Waals surface area contributed by atoms with Crippen LogP contribution in [0.4, 0.5) is 17.3 Å². The molecule has 0 radical (unpaired) electrons. The van der Waals surface area contributed by atoms with Crippen molar-refractivity contribution < 1.29 is 0 Å². The average molecular weight is 368 g/mol. The normalized spacial score (nSPS) is 10.6. The van der Waals surface area contributed by atoms with E-state index in [0.717, 1.165) is 30.0 Å². The summed E-state index contributed by atoms with van der Waals surface area (Å²) in [6.07, 6.45) is 2.94. The predicted octanol–water partition coefficient (Wildman–Crippen LogP) is 4.54. The molecule has 2 heterocycles. The smallest absolute Gasteiger partial charge is 0.136 e. The van der Waals surface area contributed by atoms with E-state index in [9.17, 15) is 5.26 Å². The largest absolute Gasteiger partial charge is 0.370 e. The van der Waals surface area contributed by atoms with E-state index in [0.29, 0.717) is 17.2 Å². The monoisotopic (exact) mass is 368 g/mol. The molecular formula is C22H20N6. The molecule has 138 valence electrons. The van der Waals surface area contributed by atoms with Crippen molar-refractivity contribution in [2.45, 2.75) is 13.3 Å². The lowest BCUT2D eigenvalue weighted by Crippen LogP contribution is -2.08. The van der Waals surface area contributed by atoms with Crippen LogP contribution in [0, 0.1) is 18.3 Å². The van der Waals surface area contributed by atoms with Crippen LogP contribution < -0.4 is 10.6 Å². The van der Waals surface area contributed by atoms with Crippen molar-refractivity contribution in [1.82, 2.24) is 15.0 Å². The second kappa shape index (κ2) is 7.80. The van der Waals surface area contributed by atoms with Gasteiger partial charge in [-0.15, -0.1) is 0 Å². The van der Waals surface area contributed by atoms with Gasteiger partial charge in [-0.2, -0.15) is 5.26 Å². The number of hydrogen-bond donors (Lipinski definition) is 3. The van der Waals surface area contributed by atoms with Gasteiger partial charge in [0.2, 0.25) is 0 Å². The van der Waals surface area contributed by atoms with E-state index in [1.54, 1.807) is 6.07 Å². The van der Waals surface area contributed by atoms with Crippen LogP contribution in [0.25, 0.3) is 10.9 Å². The SMILES string of the molecule is Cc1nc(NCCc2c[nH]c3ccccc23)cc(Nc2ccccc2C#N)n1. The zero-order valence-electron chi connectivity index (χ0n) is 15.5. The molecule has 0 fully saturated rings. The van der Waals surface area contributed by atoms with Crippen molar-refractivity contribution in [2.75, 3.05) is 17.2 Å². The van der Waals surface area contributed by atoms with Gasteiger partial charge in [0.25, 0.3) is 0 Å². The lowest BCUT2D eigenvalue weighted by atomic mass is 10.1. The molecule has 2 aromatic heterocycles. The summed E-state index contributed by atoms with van der Waals surface area (Å²) in [6.45, 7) is 2.61. The number of H-pyrrole nitrogens is 1. The highest BCUT2D eigenvalue weighted by molar-refractivity contribution is 5.83. The molecule has 0 bridgehead atoms. The Bertz CT molecular complexity index is 1160. The molecule has 6 nitrogen and oxygen atoms in total. The molecule has 0 atom stereocenters. The molecule has 28 heavy (non-hydrogen) atoms. The third-order valence-corrected chi connectivity index (χ3v) is 4.52. The van der Waals surface area contributed by atoms with Crippen molar-refractivity contribution in [3.63, 3.8) is 0 Å². The van der Waals surface area contributed by atoms with Crippen LogP contribution in [0.5, 0.6) is 0 Å². The summed E-state index contributed by atoms with van der Waals surface area (Å²) in [5.41, 5.74) is 3.73. The molecule has 0 aliphatic carbocycles. The third kappa shape index (κ3) is 3.79. The van der Waals surface area contributed by atoms with Crippen LogP contribution in [-0.4, -0.2) is 21.5 Å². The Morgan fingerprint density at radius 3 is 2.71 bits per heavy atom. The molecule has 0 aliphatic rings. The minimum Gasteiger partial charge on any atom is -0.370 e. The van der Waals surface area contributed by atoms with Gasteiger partial charge in [0.1, 0.15) is 23.5 Å². The number of aromatic amines is 1. The van der Waals surface area contributed by atoms with E-state index in [1.807, 2.05) is 37.3 Å². The summed E-state index contributed by atoms with van der Waals surface area (Å²) in [5, 5.41) is 17.1. The van der Waals surface area contributed by atoms with Gasteiger partial charge in [0.15, 0.2) is 0 Å². The zero-order chi connectivity index (χ0) is 19.3. The Kier molecular flexibility index (Phi) is 4.89. The van der Waals surface area contributed by atoms with E-state index >= 15 is 0 Å². The molecule has 0 amide bonds. The average Bonchev–Trinajstić information content (AvgIpc) is 3.11. The van der Waals surface area contributed by atoms with E-state index in [-0.39, 0.29) is 0 Å². The van der Waals surface area contributed by atoms with Crippen LogP contribution in [-0.2, 0) is 6.42 Å². The Hall–Kier alpha value is -3.85. The number of nitrogens with one attached hydrogen (secondary N) is 3. The van der Waals surface area contributed by atoms with Crippen LogP contribution in [0.3, 0.4) is 0 Å². The van der Waals surface area contributed by atoms with Crippen molar-refractivity contribution in [2.24, 2.45) is 0 Å². The number of nitriles is 1. The Morgan fingerprint density at radius 1 is 1.04 bits per heavy atom. The molecule has 4 aromatic rings. The summed E-state index contributed by atoms with van der Waals surface area (Å²) in [4.78, 5) is 12.2. The summed E-state index contributed by atoms with van der Waals surface area (Å²) < 4.78 is 0. The van der Waals surface area contributed by atoms with E-state index < -0.39 is 0 Å². The minimum absolute atomic E-state index is 0.576. The highest BCUT2D eigenvalue weighted by atomic mass is 15.1. The van der Waals surface area contributed by atoms with Crippen molar-refractivity contribution >= 4 is 28.2 Å². The maximum absolute atomic E-state index is 9.25. The predicted molar refractivity (Wildman–Crippen MR) is 112 cm³/mol. The van der Waals surface area contributed by atoms with Crippen molar-refractivity contribution in [1.29, 1.82) is 5.26 Å². The summed E-state index contributed by atoms with van der Waals surface area (Å²) in [5.74, 6) is 2.07. The lowest BCUT2D eigenvalue weighted by molar-refractivity contribution is 0.988. The number of anilines is 3. The van der Waals surface area contributed by atoms with Gasteiger partial charge in [0.05, 0.1) is 11.3 Å². The number of aromatic nitrogens is 3. The summed E-state index contributed by atoms with van der Waals surface area (Å²) in [6, 6.07) is 19.7. The van der Waals surface area contributed by atoms with Crippen LogP contribution in [0.15, 0.2) is 60.8 Å². The maximum atomic E-state index is 9.25. The first-order valence-electron chi connectivity index (χ1n) is 9.13. The summed E-state index contributed by atoms with van der Waals surface area (Å²) in [7, 11) is 0. The van der Waals surface area contributed by atoms with E-state index in [1.165, 1.54) is 10.9 Å². The minimum atomic E-state index is 0.576. The zero-order valence-corrected chi connectivity index (χ0v) is 15.5. The molecule has 0 saturated heterocycles. The number of fused-ring (bicyclic) bond motifs is 1. The van der Waals surface area contributed by atoms with E-state index in [2.05, 4.69) is 56.1 Å². The molecule has 4 rings (SSSR count). The number of benzene rings is 2. The second-order valence-corrected chi connectivity index (χ2v) is 6.50. The molecule has 3 N–H and O–H groups in total. The topological polar surface area (TPSA) is 89.4 Å². The van der Waals surface area contributed by atoms with Crippen LogP contribution in [0.1, 0.15) is 17.0 Å². The van der Waals surface area contributed by atoms with Crippen LogP contribution in [0.2, 0.25) is 0 Å². The Labute approximate surface area is 163 Å². The fourth-order valence-electron chi connectivity index (χ4n) is 3.21. The van der Waals surface area contributed by atoms with Gasteiger partial charge in [0, 0.05) is 29.7 Å². The third-order valence-electron chi connectivity index (χ3n) is 4.52. The molecule has 0 aliphatic heterocycles. The highest BCUT2D eigenvalue weighted by Crippen LogP contribution is 2.21. The number of para-hydroxylation sites is 2. The van der Waals surface area contributed by atoms with Gasteiger partial charge in [-0.25, -0.2) is 9.97 Å². The van der Waals surface area contributed by atoms with Gasteiger partial charge in [-0.3, -0.25) is 0 Å². The second-order valence-electron chi connectivity index (χ2n) is 6.50. The number of nitrogens with zero attached hydrogens (tertiary/aromatic N) is 3. The molecule has 6 heteroatoms. The first kappa shape index (κ1) is 17.6. The fourth-order valence-corrected chi connectivity index (χ4v) is 3.21. The molecule has 0 saturated carbocycles. The molecular weight excluding hydrogens is 348 g/mol. The van der Waals surface area contributed by atoms with E-state index in [4.69, 9.17) is 0 Å². The van der Waals surface area contributed by atoms with Gasteiger partial charge < -0.3 is 15.6 Å². The molecule has 2 aromatic carbocycles. The van der Waals surface area contributed by atoms with Crippen molar-refractivity contribution in [3.05, 3.63) is 77.7 Å². The maximum Gasteiger partial charge on any atom is 0.136 e. The first-order valence-corrected chi connectivity index (χ1v) is 9.13. The molecule has 0 unspecified atom stereocenters. The Balaban J connectivity index is 1.46. The summed E-state index contributed by atoms with van der Waals surface area (Å²) >= 11 is 0. The van der Waals surface area contributed by atoms with Gasteiger partial charge in [-0.1, -0.05) is 30.3 Å². The lowest BCUT2D eigenvalue weighted by Gasteiger charge is -2.11. The number of hydrogen-bond acceptors (Lipinski definition) is 5. The quantitative estimate of drug-likeness (QED) is 0.465. The number of aryl methyl sites for hydroxylation is 1. The van der Waals surface area contributed by atoms with Crippen LogP contribution >= 0.6 is 0 Å². The van der Waals surface area contributed by atoms with Gasteiger partial charge in [-0.05, 0) is 37.1 Å². The number of rotatable bonds is 6. The highest BCUT2D eigenvalue weighted by Gasteiger charge is 2.07. The van der Waals surface area contributed by atoms with Crippen molar-refractivity contribution in [3.8, 4) is 6.07 Å². The fraction of sp³-hybridized carbons (Fsp3) is 0.136. The standard InChI is InChI=1S/C22H20N6/c1-15-26-21(12-22(27-15)28-19-8-4-2-6-16(19)13-23)24-11-10-17-14-25-20-9-5-3-7-18(17)20/h2-9,12,14,25H,10-11H2,1H3,(H2,24,26,27,28).